The molecule has 2 aromatic heterocycles. The predicted molar refractivity (Wildman–Crippen MR) is 256 cm³/mol. The molecule has 0 radical (unpaired) electrons. The first kappa shape index (κ1) is 34.9. The van der Waals surface area contributed by atoms with Gasteiger partial charge in [0.25, 0.3) is 0 Å². The number of fused-ring (bicyclic) bond motifs is 9. The third kappa shape index (κ3) is 5.98. The third-order valence-corrected chi connectivity index (χ3v) is 12.3. The van der Waals surface area contributed by atoms with Crippen molar-refractivity contribution in [2.75, 3.05) is 0 Å². The van der Waals surface area contributed by atoms with Gasteiger partial charge in [0.1, 0.15) is 0 Å². The Labute approximate surface area is 353 Å². The minimum absolute atomic E-state index is 0.866. The summed E-state index contributed by atoms with van der Waals surface area (Å²) in [6, 6.07) is 78.5. The molecule has 0 saturated carbocycles. The molecule has 0 N–H and O–H groups in total. The summed E-state index contributed by atoms with van der Waals surface area (Å²) >= 11 is 0. The third-order valence-electron chi connectivity index (χ3n) is 12.3. The fourth-order valence-electron chi connectivity index (χ4n) is 9.19. The van der Waals surface area contributed by atoms with Crippen molar-refractivity contribution >= 4 is 54.4 Å². The van der Waals surface area contributed by atoms with Crippen molar-refractivity contribution < 1.29 is 0 Å². The van der Waals surface area contributed by atoms with Crippen molar-refractivity contribution in [1.82, 2.24) is 14.5 Å². The molecule has 0 unspecified atom stereocenters. The molecule has 0 spiro atoms. The number of hydrogen-bond donors (Lipinski definition) is 0. The van der Waals surface area contributed by atoms with Crippen molar-refractivity contribution in [1.29, 1.82) is 0 Å². The van der Waals surface area contributed by atoms with Gasteiger partial charge in [-0.15, -0.1) is 0 Å². The van der Waals surface area contributed by atoms with Crippen LogP contribution >= 0.6 is 0 Å². The lowest BCUT2D eigenvalue weighted by atomic mass is 9.96. The first-order valence-electron chi connectivity index (χ1n) is 20.8. The standard InChI is InChI=1S/C58H37N3/c1-2-11-38(12-3-1)41-29-32-47(33-30-41)61-55-20-9-8-17-50(55)53-36-45(31-34-56(53)61)43-27-23-40(24-28-43)39-21-25-42(26-22-39)44-13-10-14-46(35-44)54-37-59-57-51-18-6-4-15-48(51)49-16-5-7-19-52(49)58(57)60-54/h1-37H. The Bertz CT molecular complexity index is 3570. The highest BCUT2D eigenvalue weighted by molar-refractivity contribution is 6.23. The van der Waals surface area contributed by atoms with Crippen molar-refractivity contribution in [2.45, 2.75) is 0 Å². The van der Waals surface area contributed by atoms with E-state index in [4.69, 9.17) is 9.97 Å². The highest BCUT2D eigenvalue weighted by Gasteiger charge is 2.15. The van der Waals surface area contributed by atoms with Crippen LogP contribution in [0.4, 0.5) is 0 Å². The summed E-state index contributed by atoms with van der Waals surface area (Å²) in [5.74, 6) is 0. The molecule has 0 fully saturated rings. The molecule has 0 aliphatic rings. The van der Waals surface area contributed by atoms with Crippen LogP contribution < -0.4 is 0 Å². The number of para-hydroxylation sites is 1. The maximum atomic E-state index is 5.23. The van der Waals surface area contributed by atoms with Crippen LogP contribution in [0.5, 0.6) is 0 Å². The summed E-state index contributed by atoms with van der Waals surface area (Å²) in [6.07, 6.45) is 1.91. The van der Waals surface area contributed by atoms with Crippen LogP contribution in [-0.2, 0) is 0 Å². The molecule has 0 atom stereocenters. The normalized spacial score (nSPS) is 11.6. The van der Waals surface area contributed by atoms with Crippen LogP contribution in [0, 0.1) is 0 Å². The minimum atomic E-state index is 0.866. The molecule has 12 aromatic rings. The first-order chi connectivity index (χ1) is 30.2. The lowest BCUT2D eigenvalue weighted by Crippen LogP contribution is -1.93. The number of aromatic nitrogens is 3. The van der Waals surface area contributed by atoms with E-state index in [1.807, 2.05) is 6.20 Å². The average molecular weight is 776 g/mol. The molecule has 0 amide bonds. The second kappa shape index (κ2) is 14.3. The number of nitrogens with zero attached hydrogens (tertiary/aromatic N) is 3. The zero-order valence-corrected chi connectivity index (χ0v) is 33.2. The molecule has 0 aliphatic heterocycles. The van der Waals surface area contributed by atoms with E-state index in [1.54, 1.807) is 0 Å². The number of hydrogen-bond acceptors (Lipinski definition) is 2. The van der Waals surface area contributed by atoms with Gasteiger partial charge in [-0.25, -0.2) is 4.98 Å². The second-order valence-electron chi connectivity index (χ2n) is 15.8. The predicted octanol–water partition coefficient (Wildman–Crippen LogP) is 15.4. The molecule has 2 heterocycles. The monoisotopic (exact) mass is 775 g/mol. The van der Waals surface area contributed by atoms with E-state index in [-0.39, 0.29) is 0 Å². The summed E-state index contributed by atoms with van der Waals surface area (Å²) in [4.78, 5) is 10.2. The number of benzene rings is 10. The van der Waals surface area contributed by atoms with E-state index in [0.29, 0.717) is 0 Å². The van der Waals surface area contributed by atoms with Gasteiger partial charge in [0, 0.05) is 32.8 Å². The molecule has 0 aliphatic carbocycles. The van der Waals surface area contributed by atoms with Crippen LogP contribution in [0.3, 0.4) is 0 Å². The first-order valence-corrected chi connectivity index (χ1v) is 20.8. The van der Waals surface area contributed by atoms with E-state index in [1.165, 1.54) is 66.0 Å². The molecule has 10 aromatic carbocycles. The summed E-state index contributed by atoms with van der Waals surface area (Å²) in [5, 5.41) is 7.15. The van der Waals surface area contributed by atoms with Gasteiger partial charge in [-0.2, -0.15) is 0 Å². The van der Waals surface area contributed by atoms with Gasteiger partial charge < -0.3 is 4.57 Å². The van der Waals surface area contributed by atoms with Crippen LogP contribution in [0.2, 0.25) is 0 Å². The Hall–Kier alpha value is -8.14. The summed E-state index contributed by atoms with van der Waals surface area (Å²) in [7, 11) is 0. The highest BCUT2D eigenvalue weighted by Crippen LogP contribution is 2.38. The molecule has 0 saturated heterocycles. The summed E-state index contributed by atoms with van der Waals surface area (Å²) in [5.41, 5.74) is 16.9. The zero-order valence-electron chi connectivity index (χ0n) is 33.2. The Kier molecular flexibility index (Phi) is 8.17. The maximum Gasteiger partial charge on any atom is 0.0979 e. The zero-order chi connectivity index (χ0) is 40.3. The molecule has 0 bridgehead atoms. The summed E-state index contributed by atoms with van der Waals surface area (Å²) < 4.78 is 2.38. The van der Waals surface area contributed by atoms with Gasteiger partial charge in [0.2, 0.25) is 0 Å². The van der Waals surface area contributed by atoms with E-state index >= 15 is 0 Å². The van der Waals surface area contributed by atoms with Gasteiger partial charge in [0.05, 0.1) is 34.0 Å². The molecule has 12 rings (SSSR count). The Morgan fingerprint density at radius 3 is 1.38 bits per heavy atom. The van der Waals surface area contributed by atoms with E-state index < -0.39 is 0 Å². The largest absolute Gasteiger partial charge is 0.309 e. The lowest BCUT2D eigenvalue weighted by molar-refractivity contribution is 1.18. The Morgan fingerprint density at radius 2 is 0.721 bits per heavy atom. The Balaban J connectivity index is 0.822. The summed E-state index contributed by atoms with van der Waals surface area (Å²) in [6.45, 7) is 0. The molecule has 61 heavy (non-hydrogen) atoms. The van der Waals surface area contributed by atoms with E-state index in [9.17, 15) is 0 Å². The maximum absolute atomic E-state index is 5.23. The SMILES string of the molecule is c1ccc(-c2ccc(-n3c4ccccc4c4cc(-c5ccc(-c6ccc(-c7cccc(-c8cnc9c%10ccccc%10c%10ccccc%10c9n8)c7)cc6)cc5)ccc43)cc2)cc1. The highest BCUT2D eigenvalue weighted by atomic mass is 15.0. The van der Waals surface area contributed by atoms with Crippen molar-refractivity contribution in [3.05, 3.63) is 225 Å². The second-order valence-corrected chi connectivity index (χ2v) is 15.8. The molecular weight excluding hydrogens is 739 g/mol. The van der Waals surface area contributed by atoms with Crippen molar-refractivity contribution in [3.63, 3.8) is 0 Å². The topological polar surface area (TPSA) is 30.7 Å². The van der Waals surface area contributed by atoms with Gasteiger partial charge >= 0.3 is 0 Å². The van der Waals surface area contributed by atoms with Crippen molar-refractivity contribution in [2.24, 2.45) is 0 Å². The van der Waals surface area contributed by atoms with Gasteiger partial charge in [-0.05, 0) is 91.7 Å². The fraction of sp³-hybridized carbons (Fsp3) is 0. The van der Waals surface area contributed by atoms with Crippen molar-refractivity contribution in [3.8, 4) is 61.5 Å². The Morgan fingerprint density at radius 1 is 0.279 bits per heavy atom. The molecule has 3 nitrogen and oxygen atoms in total. The lowest BCUT2D eigenvalue weighted by Gasteiger charge is -2.11. The molecule has 3 heteroatoms. The van der Waals surface area contributed by atoms with E-state index in [2.05, 4.69) is 223 Å². The smallest absolute Gasteiger partial charge is 0.0979 e. The fourth-order valence-corrected chi connectivity index (χ4v) is 9.19. The van der Waals surface area contributed by atoms with Gasteiger partial charge in [-0.1, -0.05) is 182 Å². The number of rotatable bonds is 6. The van der Waals surface area contributed by atoms with Crippen LogP contribution in [0.1, 0.15) is 0 Å². The molecular formula is C58H37N3. The van der Waals surface area contributed by atoms with Crippen LogP contribution in [0.25, 0.3) is 116 Å². The molecule has 284 valence electrons. The van der Waals surface area contributed by atoms with Gasteiger partial charge in [-0.3, -0.25) is 4.98 Å². The van der Waals surface area contributed by atoms with Crippen LogP contribution in [0.15, 0.2) is 225 Å². The average Bonchev–Trinajstić information content (AvgIpc) is 3.68. The quantitative estimate of drug-likeness (QED) is 0.158. The minimum Gasteiger partial charge on any atom is -0.309 e. The van der Waals surface area contributed by atoms with E-state index in [0.717, 1.165) is 49.9 Å². The van der Waals surface area contributed by atoms with Crippen LogP contribution in [-0.4, -0.2) is 14.5 Å². The van der Waals surface area contributed by atoms with Gasteiger partial charge in [0.15, 0.2) is 0 Å².